The summed E-state index contributed by atoms with van der Waals surface area (Å²) in [5, 5.41) is 0.000000000000000222. The van der Waals surface area contributed by atoms with Crippen LogP contribution in [0, 0.1) is 0 Å². The van der Waals surface area contributed by atoms with Gasteiger partial charge in [-0.25, -0.2) is 0 Å². The van der Waals surface area contributed by atoms with E-state index in [1.165, 1.54) is 0 Å². The van der Waals surface area contributed by atoms with Crippen LogP contribution in [0.2, 0.25) is 0 Å². The van der Waals surface area contributed by atoms with Crippen LogP contribution in [0.3, 0.4) is 0 Å². The van der Waals surface area contributed by atoms with Gasteiger partial charge in [0.15, 0.2) is 5.11 Å². The molecular weight excluding hydrogens is 127 g/mol. The zero-order valence-electron chi connectivity index (χ0n) is 4.56. The molecule has 34 valence electrons. The molecule has 4 N–H and O–H groups in total. The molecule has 0 aliphatic carbocycles. The van der Waals surface area contributed by atoms with E-state index in [1.807, 2.05) is 0 Å². The van der Waals surface area contributed by atoms with Crippen molar-refractivity contribution in [3.8, 4) is 0 Å². The average molecular weight is 134 g/mol. The summed E-state index contributed by atoms with van der Waals surface area (Å²) in [5.74, 6) is 0. The zero-order valence-corrected chi connectivity index (χ0v) is 7.38. The van der Waals surface area contributed by atoms with Crippen molar-refractivity contribution in [3.63, 3.8) is 0 Å². The zero-order chi connectivity index (χ0) is 3.58. The molecule has 0 amide bonds. The fourth-order valence-electron chi connectivity index (χ4n) is 0. The van der Waals surface area contributed by atoms with E-state index in [-0.39, 0.29) is 49.6 Å². The number of thiocarbonyl (C=S) groups is 1. The molecule has 0 fully saturated rings. The van der Waals surface area contributed by atoms with Gasteiger partial charge in [0.2, 0.25) is 0 Å². The quantitative estimate of drug-likeness (QED) is 0.266. The van der Waals surface area contributed by atoms with E-state index in [4.69, 9.17) is 0 Å². The number of hydrogen-bond acceptors (Lipinski definition) is 1. The molecule has 0 saturated carbocycles. The van der Waals surface area contributed by atoms with E-state index in [0.29, 0.717) is 0 Å². The molecule has 0 atom stereocenters. The molecule has 2 nitrogen and oxygen atoms in total. The fourth-order valence-corrected chi connectivity index (χ4v) is 0. The molecule has 0 aromatic rings. The molecule has 0 aliphatic rings. The van der Waals surface area contributed by atoms with Crippen molar-refractivity contribution in [1.82, 2.24) is 0 Å². The van der Waals surface area contributed by atoms with Crippen LogP contribution in [-0.4, -0.2) is 5.11 Å². The Kier molecular flexibility index (Phi) is 24.7. The van der Waals surface area contributed by atoms with Gasteiger partial charge in [-0.05, 0) is 12.2 Å². The Morgan fingerprint density at radius 3 is 1.50 bits per heavy atom. The molecule has 0 unspecified atom stereocenters. The van der Waals surface area contributed by atoms with E-state index in [2.05, 4.69) is 23.7 Å². The normalized spacial score (nSPS) is 4.00. The minimum Gasteiger partial charge on any atom is -1.00 e. The smallest absolute Gasteiger partial charge is 1.00 e. The first-order valence-electron chi connectivity index (χ1n) is 0.781. The summed E-state index contributed by atoms with van der Waals surface area (Å²) in [7, 11) is 0. The molecule has 0 bridgehead atoms. The molecule has 0 rings (SSSR count). The summed E-state index contributed by atoms with van der Waals surface area (Å²) in [6.07, 6.45) is 0. The van der Waals surface area contributed by atoms with E-state index in [9.17, 15) is 0 Å². The van der Waals surface area contributed by atoms with Crippen molar-refractivity contribution in [3.05, 3.63) is 0 Å². The largest absolute Gasteiger partial charge is 1.00 e. The Bertz CT molecular complexity index is 38.7. The molecular formula is CH7N2NaS2. The summed E-state index contributed by atoms with van der Waals surface area (Å²) in [6.45, 7) is 0. The second-order valence-corrected chi connectivity index (χ2v) is 0.874. The maximum atomic E-state index is 4.62. The maximum absolute atomic E-state index is 4.62. The van der Waals surface area contributed by atoms with Crippen LogP contribution >= 0.6 is 25.7 Å². The van der Waals surface area contributed by atoms with Crippen molar-refractivity contribution in [2.24, 2.45) is 11.5 Å². The first kappa shape index (κ1) is 15.7. The van der Waals surface area contributed by atoms with Crippen LogP contribution in [-0.2, 0) is 0 Å². The predicted octanol–water partition coefficient (Wildman–Crippen LogP) is -3.58. The number of hydrogen-bond donors (Lipinski definition) is 2. The third-order valence-corrected chi connectivity index (χ3v) is 0. The Morgan fingerprint density at radius 1 is 1.50 bits per heavy atom. The van der Waals surface area contributed by atoms with E-state index in [0.717, 1.165) is 0 Å². The second-order valence-electron chi connectivity index (χ2n) is 0.402. The second kappa shape index (κ2) is 9.40. The third-order valence-electron chi connectivity index (χ3n) is 0. The van der Waals surface area contributed by atoms with Gasteiger partial charge in [-0.15, -0.1) is 0 Å². The Hall–Kier alpha value is 1.04. The Morgan fingerprint density at radius 2 is 1.50 bits per heavy atom. The van der Waals surface area contributed by atoms with Crippen molar-refractivity contribution in [1.29, 1.82) is 0 Å². The standard InChI is InChI=1S/CH4N2S.Na.H2S.H/c2-1(3)4;;;/h(H4,2,3,4);;1H2;/q;+1;;-1. The van der Waals surface area contributed by atoms with Crippen molar-refractivity contribution < 1.29 is 31.0 Å². The molecule has 0 radical (unpaired) electrons. The summed E-state index contributed by atoms with van der Waals surface area (Å²) in [6, 6.07) is 0. The molecule has 5 heteroatoms. The van der Waals surface area contributed by atoms with Crippen molar-refractivity contribution in [2.45, 2.75) is 0 Å². The molecule has 0 aromatic heterocycles. The summed E-state index contributed by atoms with van der Waals surface area (Å²) in [5.41, 5.74) is 9.24. The van der Waals surface area contributed by atoms with E-state index < -0.39 is 0 Å². The van der Waals surface area contributed by atoms with Gasteiger partial charge in [0.1, 0.15) is 0 Å². The van der Waals surface area contributed by atoms with Crippen LogP contribution in [0.15, 0.2) is 0 Å². The maximum Gasteiger partial charge on any atom is 1.00 e. The Balaban J connectivity index is -0.0000000150. The molecule has 0 aromatic carbocycles. The number of nitrogens with two attached hydrogens (primary N) is 2. The van der Waals surface area contributed by atoms with Crippen LogP contribution in [0.25, 0.3) is 0 Å². The van der Waals surface area contributed by atoms with Gasteiger partial charge in [-0.1, -0.05) is 0 Å². The summed E-state index contributed by atoms with van der Waals surface area (Å²) in [4.78, 5) is 0. The first-order valence-corrected chi connectivity index (χ1v) is 1.19. The van der Waals surface area contributed by atoms with Crippen LogP contribution in [0.1, 0.15) is 1.43 Å². The topological polar surface area (TPSA) is 52.0 Å². The van der Waals surface area contributed by atoms with Gasteiger partial charge >= 0.3 is 29.6 Å². The minimum atomic E-state index is 0. The monoisotopic (exact) mass is 134 g/mol. The van der Waals surface area contributed by atoms with Gasteiger partial charge in [0.05, 0.1) is 0 Å². The third kappa shape index (κ3) is 76.1. The summed E-state index contributed by atoms with van der Waals surface area (Å²) >= 11 is 4.09. The van der Waals surface area contributed by atoms with Gasteiger partial charge < -0.3 is 12.9 Å². The molecule has 0 aliphatic heterocycles. The van der Waals surface area contributed by atoms with Crippen LogP contribution in [0.4, 0.5) is 0 Å². The van der Waals surface area contributed by atoms with Gasteiger partial charge in [0.25, 0.3) is 0 Å². The minimum absolute atomic E-state index is 0. The number of rotatable bonds is 0. The van der Waals surface area contributed by atoms with Crippen LogP contribution in [0.5, 0.6) is 0 Å². The SMILES string of the molecule is NC(N)=S.S.[H-].[Na+]. The van der Waals surface area contributed by atoms with Gasteiger partial charge in [0, 0.05) is 0 Å². The molecule has 6 heavy (non-hydrogen) atoms. The fraction of sp³-hybridized carbons (Fsp3) is 0. The van der Waals surface area contributed by atoms with Crippen molar-refractivity contribution in [2.75, 3.05) is 0 Å². The predicted molar refractivity (Wildman–Crippen MR) is 32.5 cm³/mol. The first-order chi connectivity index (χ1) is 1.73. The van der Waals surface area contributed by atoms with E-state index >= 15 is 0 Å². The molecule has 0 heterocycles. The molecule has 0 saturated heterocycles. The van der Waals surface area contributed by atoms with Crippen LogP contribution < -0.4 is 41.0 Å². The average Bonchev–Trinajstić information content (AvgIpc) is 0.811. The van der Waals surface area contributed by atoms with E-state index in [1.54, 1.807) is 0 Å². The molecule has 0 spiro atoms. The van der Waals surface area contributed by atoms with Crippen molar-refractivity contribution >= 4 is 30.8 Å². The Labute approximate surface area is 72.9 Å². The summed E-state index contributed by atoms with van der Waals surface area (Å²) < 4.78 is 0. The van der Waals surface area contributed by atoms with Gasteiger partial charge in [-0.3, -0.25) is 0 Å². The van der Waals surface area contributed by atoms with Gasteiger partial charge in [-0.2, -0.15) is 13.5 Å².